The summed E-state index contributed by atoms with van der Waals surface area (Å²) in [6.45, 7) is 5.60. The second kappa shape index (κ2) is 5.61. The summed E-state index contributed by atoms with van der Waals surface area (Å²) in [5.74, 6) is -1.19. The normalized spacial score (nSPS) is 10.4. The number of aromatic nitrogens is 1. The van der Waals surface area contributed by atoms with Crippen LogP contribution in [0.2, 0.25) is 0 Å². The number of aryl methyl sites for hydroxylation is 1. The van der Waals surface area contributed by atoms with Crippen molar-refractivity contribution in [1.29, 1.82) is 0 Å². The van der Waals surface area contributed by atoms with Gasteiger partial charge in [0.05, 0.1) is 5.52 Å². The lowest BCUT2D eigenvalue weighted by Gasteiger charge is -2.12. The van der Waals surface area contributed by atoms with E-state index in [1.807, 2.05) is 0 Å². The lowest BCUT2D eigenvalue weighted by molar-refractivity contribution is 0.0544. The van der Waals surface area contributed by atoms with Crippen molar-refractivity contribution < 1.29 is 14.6 Å². The van der Waals surface area contributed by atoms with Crippen molar-refractivity contribution in [2.24, 2.45) is 0 Å². The van der Waals surface area contributed by atoms with Gasteiger partial charge in [0.2, 0.25) is 0 Å². The number of para-hydroxylation sites is 1. The lowest BCUT2D eigenvalue weighted by atomic mass is 10.1. The van der Waals surface area contributed by atoms with Gasteiger partial charge < -0.3 is 14.4 Å². The molecule has 5 heteroatoms. The predicted octanol–water partition coefficient (Wildman–Crippen LogP) is 2.07. The maximum Gasteiger partial charge on any atom is 0.347 e. The van der Waals surface area contributed by atoms with E-state index < -0.39 is 11.5 Å². The number of ether oxygens (including phenoxy) is 1. The van der Waals surface area contributed by atoms with Crippen molar-refractivity contribution >= 4 is 16.9 Å². The fourth-order valence-electron chi connectivity index (χ4n) is 2.09. The summed E-state index contributed by atoms with van der Waals surface area (Å²) in [4.78, 5) is 24.2. The molecule has 1 aromatic carbocycles. The molecule has 0 amide bonds. The first-order valence-corrected chi connectivity index (χ1v) is 6.24. The molecule has 0 saturated carbocycles. The van der Waals surface area contributed by atoms with Crippen molar-refractivity contribution in [1.82, 2.24) is 4.57 Å². The van der Waals surface area contributed by atoms with E-state index in [-0.39, 0.29) is 17.9 Å². The number of rotatable bonds is 4. The van der Waals surface area contributed by atoms with Crippen molar-refractivity contribution in [3.8, 4) is 5.75 Å². The van der Waals surface area contributed by atoms with E-state index in [0.29, 0.717) is 17.4 Å². The molecule has 0 unspecified atom stereocenters. The van der Waals surface area contributed by atoms with Crippen LogP contribution in [0, 0.1) is 0 Å². The predicted molar refractivity (Wildman–Crippen MR) is 76.0 cm³/mol. The number of hydrogen-bond donors (Lipinski definition) is 1. The highest BCUT2D eigenvalue weighted by Gasteiger charge is 2.22. The smallest absolute Gasteiger partial charge is 0.347 e. The molecule has 5 nitrogen and oxygen atoms in total. The van der Waals surface area contributed by atoms with Gasteiger partial charge in [-0.05, 0) is 19.1 Å². The average Bonchev–Trinajstić information content (AvgIpc) is 2.46. The van der Waals surface area contributed by atoms with Crippen LogP contribution in [0.1, 0.15) is 17.3 Å². The number of esters is 1. The van der Waals surface area contributed by atoms with Gasteiger partial charge in [-0.1, -0.05) is 24.8 Å². The number of fused-ring (bicyclic) bond motifs is 1. The van der Waals surface area contributed by atoms with Gasteiger partial charge in [-0.15, -0.1) is 0 Å². The van der Waals surface area contributed by atoms with Crippen LogP contribution in [-0.4, -0.2) is 22.2 Å². The van der Waals surface area contributed by atoms with Gasteiger partial charge in [0.1, 0.15) is 12.4 Å². The molecule has 0 radical (unpaired) electrons. The zero-order chi connectivity index (χ0) is 14.7. The van der Waals surface area contributed by atoms with Crippen LogP contribution in [0.4, 0.5) is 0 Å². The minimum absolute atomic E-state index is 0.0172. The summed E-state index contributed by atoms with van der Waals surface area (Å²) in [5, 5.41) is 10.6. The Morgan fingerprint density at radius 1 is 1.45 bits per heavy atom. The van der Waals surface area contributed by atoms with Crippen LogP contribution in [0.3, 0.4) is 0 Å². The quantitative estimate of drug-likeness (QED) is 0.684. The average molecular weight is 273 g/mol. The van der Waals surface area contributed by atoms with E-state index in [9.17, 15) is 14.7 Å². The Morgan fingerprint density at radius 3 is 2.80 bits per heavy atom. The standard InChI is InChI=1S/C15H15NO4/c1-3-9-20-15(19)12-13(17)10-7-5-6-8-11(10)16(4-2)14(12)18/h3,5-8,17H,1,4,9H2,2H3. The van der Waals surface area contributed by atoms with Crippen LogP contribution in [0.5, 0.6) is 5.75 Å². The van der Waals surface area contributed by atoms with E-state index in [4.69, 9.17) is 4.74 Å². The maximum absolute atomic E-state index is 12.3. The van der Waals surface area contributed by atoms with Gasteiger partial charge in [-0.2, -0.15) is 0 Å². The largest absolute Gasteiger partial charge is 0.506 e. The van der Waals surface area contributed by atoms with Gasteiger partial charge >= 0.3 is 5.97 Å². The highest BCUT2D eigenvalue weighted by Crippen LogP contribution is 2.26. The zero-order valence-corrected chi connectivity index (χ0v) is 11.1. The highest BCUT2D eigenvalue weighted by molar-refractivity contribution is 5.99. The fourth-order valence-corrected chi connectivity index (χ4v) is 2.09. The van der Waals surface area contributed by atoms with Crippen LogP contribution >= 0.6 is 0 Å². The second-order valence-electron chi connectivity index (χ2n) is 4.18. The molecule has 2 rings (SSSR count). The lowest BCUT2D eigenvalue weighted by Crippen LogP contribution is -2.27. The monoisotopic (exact) mass is 273 g/mol. The van der Waals surface area contributed by atoms with Crippen molar-refractivity contribution in [3.63, 3.8) is 0 Å². The first kappa shape index (κ1) is 13.9. The molecule has 0 atom stereocenters. The molecule has 104 valence electrons. The molecule has 0 fully saturated rings. The fraction of sp³-hybridized carbons (Fsp3) is 0.200. The molecule has 0 spiro atoms. The molecule has 1 aromatic heterocycles. The Labute approximate surface area is 115 Å². The Morgan fingerprint density at radius 2 is 2.15 bits per heavy atom. The molecular formula is C15H15NO4. The summed E-state index contributed by atoms with van der Waals surface area (Å²) >= 11 is 0. The second-order valence-corrected chi connectivity index (χ2v) is 4.18. The number of pyridine rings is 1. The summed E-state index contributed by atoms with van der Waals surface area (Å²) in [7, 11) is 0. The molecule has 0 saturated heterocycles. The Kier molecular flexibility index (Phi) is 3.89. The first-order valence-electron chi connectivity index (χ1n) is 6.24. The minimum atomic E-state index is -0.847. The number of nitrogens with zero attached hydrogens (tertiary/aromatic N) is 1. The zero-order valence-electron chi connectivity index (χ0n) is 11.1. The van der Waals surface area contributed by atoms with Gasteiger partial charge in [0, 0.05) is 11.9 Å². The van der Waals surface area contributed by atoms with E-state index in [1.165, 1.54) is 10.6 Å². The molecule has 0 bridgehead atoms. The number of aromatic hydroxyl groups is 1. The topological polar surface area (TPSA) is 68.5 Å². The number of benzene rings is 1. The van der Waals surface area contributed by atoms with E-state index >= 15 is 0 Å². The van der Waals surface area contributed by atoms with Crippen LogP contribution < -0.4 is 5.56 Å². The van der Waals surface area contributed by atoms with Crippen LogP contribution in [-0.2, 0) is 11.3 Å². The van der Waals surface area contributed by atoms with Gasteiger partial charge in [0.15, 0.2) is 5.56 Å². The molecule has 1 N–H and O–H groups in total. The van der Waals surface area contributed by atoms with Crippen LogP contribution in [0.25, 0.3) is 10.9 Å². The summed E-state index contributed by atoms with van der Waals surface area (Å²) in [6, 6.07) is 6.87. The highest BCUT2D eigenvalue weighted by atomic mass is 16.5. The van der Waals surface area contributed by atoms with Crippen molar-refractivity contribution in [3.05, 3.63) is 52.8 Å². The molecule has 0 aliphatic carbocycles. The third kappa shape index (κ3) is 2.18. The van der Waals surface area contributed by atoms with E-state index in [1.54, 1.807) is 31.2 Å². The third-order valence-electron chi connectivity index (χ3n) is 3.00. The summed E-state index contributed by atoms with van der Waals surface area (Å²) in [6.07, 6.45) is 1.40. The molecule has 0 aliphatic rings. The minimum Gasteiger partial charge on any atom is -0.506 e. The van der Waals surface area contributed by atoms with Crippen molar-refractivity contribution in [2.45, 2.75) is 13.5 Å². The molecular weight excluding hydrogens is 258 g/mol. The van der Waals surface area contributed by atoms with Gasteiger partial charge in [-0.3, -0.25) is 4.79 Å². The molecule has 20 heavy (non-hydrogen) atoms. The third-order valence-corrected chi connectivity index (χ3v) is 3.00. The molecule has 2 aromatic rings. The number of carbonyl (C=O) groups is 1. The van der Waals surface area contributed by atoms with Gasteiger partial charge in [0.25, 0.3) is 5.56 Å². The molecule has 1 heterocycles. The van der Waals surface area contributed by atoms with Crippen molar-refractivity contribution in [2.75, 3.05) is 6.61 Å². The van der Waals surface area contributed by atoms with E-state index in [2.05, 4.69) is 6.58 Å². The summed E-state index contributed by atoms with van der Waals surface area (Å²) < 4.78 is 6.29. The maximum atomic E-state index is 12.3. The van der Waals surface area contributed by atoms with E-state index in [0.717, 1.165) is 0 Å². The van der Waals surface area contributed by atoms with Gasteiger partial charge in [-0.25, -0.2) is 4.79 Å². The first-order chi connectivity index (χ1) is 9.61. The Hall–Kier alpha value is -2.56. The number of hydrogen-bond acceptors (Lipinski definition) is 4. The SMILES string of the molecule is C=CCOC(=O)c1c(O)c2ccccc2n(CC)c1=O. The summed E-state index contributed by atoms with van der Waals surface area (Å²) in [5.41, 5.74) is -0.317. The Bertz CT molecular complexity index is 730. The molecule has 0 aliphatic heterocycles. The van der Waals surface area contributed by atoms with Crippen LogP contribution in [0.15, 0.2) is 41.7 Å². The Balaban J connectivity index is 2.75. The number of carbonyl (C=O) groups excluding carboxylic acids is 1.